The fourth-order valence-corrected chi connectivity index (χ4v) is 3.05. The number of carbonyl (C=O) groups excluding carboxylic acids is 2. The zero-order valence-electron chi connectivity index (χ0n) is 21.6. The Labute approximate surface area is 209 Å². The summed E-state index contributed by atoms with van der Waals surface area (Å²) in [6.07, 6.45) is 40.4. The first kappa shape index (κ1) is 31.3. The normalized spacial score (nSPS) is 12.8. The molecule has 0 radical (unpaired) electrons. The molecule has 0 aromatic heterocycles. The molecule has 0 bridgehead atoms. The van der Waals surface area contributed by atoms with Crippen LogP contribution in [0.2, 0.25) is 0 Å². The van der Waals surface area contributed by atoms with Gasteiger partial charge in [0.1, 0.15) is 5.78 Å². The van der Waals surface area contributed by atoms with Crippen LogP contribution in [0.5, 0.6) is 0 Å². The predicted molar refractivity (Wildman–Crippen MR) is 149 cm³/mol. The number of hydrogen-bond donors (Lipinski definition) is 1. The highest BCUT2D eigenvalue weighted by Crippen LogP contribution is 2.05. The van der Waals surface area contributed by atoms with Crippen molar-refractivity contribution in [3.8, 4) is 0 Å². The molecule has 1 amide bonds. The lowest BCUT2D eigenvalue weighted by Gasteiger charge is -2.02. The average Bonchev–Trinajstić information content (AvgIpc) is 2.83. The smallest absolute Gasteiger partial charge is 0.243 e. The number of allylic oxidation sites excluding steroid dienone is 13. The van der Waals surface area contributed by atoms with Gasteiger partial charge in [-0.1, -0.05) is 92.3 Å². The molecule has 0 saturated carbocycles. The van der Waals surface area contributed by atoms with E-state index in [-0.39, 0.29) is 5.91 Å². The molecular formula is C31H47NO2. The highest BCUT2D eigenvalue weighted by molar-refractivity contribution is 5.87. The second-order valence-corrected chi connectivity index (χ2v) is 8.09. The maximum atomic E-state index is 11.9. The predicted octanol–water partition coefficient (Wildman–Crippen LogP) is 8.29. The van der Waals surface area contributed by atoms with Gasteiger partial charge in [0, 0.05) is 19.4 Å². The van der Waals surface area contributed by atoms with Crippen LogP contribution in [-0.4, -0.2) is 18.2 Å². The molecule has 0 fully saturated rings. The number of nitrogens with one attached hydrogen (secondary N) is 1. The van der Waals surface area contributed by atoms with Gasteiger partial charge in [-0.25, -0.2) is 0 Å². The van der Waals surface area contributed by atoms with E-state index in [1.807, 2.05) is 6.92 Å². The fourth-order valence-electron chi connectivity index (χ4n) is 3.05. The zero-order valence-corrected chi connectivity index (χ0v) is 21.6. The van der Waals surface area contributed by atoms with Crippen LogP contribution in [0, 0.1) is 0 Å². The lowest BCUT2D eigenvalue weighted by atomic mass is 10.1. The topological polar surface area (TPSA) is 46.2 Å². The maximum absolute atomic E-state index is 11.9. The Morgan fingerprint density at radius 1 is 0.618 bits per heavy atom. The van der Waals surface area contributed by atoms with Crippen LogP contribution in [0.3, 0.4) is 0 Å². The summed E-state index contributed by atoms with van der Waals surface area (Å²) < 4.78 is 0. The number of unbranched alkanes of at least 4 members (excludes halogenated alkanes) is 2. The van der Waals surface area contributed by atoms with Gasteiger partial charge in [0.05, 0.1) is 0 Å². The highest BCUT2D eigenvalue weighted by Gasteiger charge is 2.00. The first-order valence-corrected chi connectivity index (χ1v) is 13.0. The molecule has 0 aliphatic carbocycles. The SMILES string of the molecule is C/C=C/C(=O)NCCCCCC(=O)CC/C=C\C/C=C\C/C=C\C/C=C\C/C=C\C/C=C\CC. The summed E-state index contributed by atoms with van der Waals surface area (Å²) in [5.74, 6) is 0.285. The standard InChI is InChI=1S/C31H47NO2/c1-3-5-6-7-8-9-10-11-12-13-14-15-16-17-18-19-20-21-23-27-30(33)28-24-22-25-29-32-31(34)26-4-2/h4-6,8-9,11-12,14-15,17-18,20-21,26H,3,7,10,13,16,19,22-25,27-29H2,1-2H3,(H,32,34)/b6-5-,9-8-,12-11-,15-14-,18-17-,21-20-,26-4+. The quantitative estimate of drug-likeness (QED) is 0.105. The summed E-state index contributed by atoms with van der Waals surface area (Å²) in [6.45, 7) is 4.65. The van der Waals surface area contributed by atoms with Crippen molar-refractivity contribution in [2.75, 3.05) is 6.54 Å². The molecule has 0 heterocycles. The number of amides is 1. The van der Waals surface area contributed by atoms with Gasteiger partial charge in [-0.2, -0.15) is 0 Å². The van der Waals surface area contributed by atoms with Crippen molar-refractivity contribution in [1.82, 2.24) is 5.32 Å². The van der Waals surface area contributed by atoms with E-state index in [9.17, 15) is 9.59 Å². The van der Waals surface area contributed by atoms with Crippen molar-refractivity contribution in [3.63, 3.8) is 0 Å². The summed E-state index contributed by atoms with van der Waals surface area (Å²) in [5, 5.41) is 2.83. The third-order valence-electron chi connectivity index (χ3n) is 4.94. The van der Waals surface area contributed by atoms with E-state index in [2.05, 4.69) is 85.2 Å². The summed E-state index contributed by atoms with van der Waals surface area (Å²) in [5.41, 5.74) is 0. The lowest BCUT2D eigenvalue weighted by molar-refractivity contribution is -0.119. The number of carbonyl (C=O) groups is 2. The molecule has 0 saturated heterocycles. The van der Waals surface area contributed by atoms with Crippen LogP contribution < -0.4 is 5.32 Å². The molecule has 0 atom stereocenters. The minimum atomic E-state index is -0.0463. The molecule has 0 unspecified atom stereocenters. The molecule has 0 aliphatic heterocycles. The van der Waals surface area contributed by atoms with Gasteiger partial charge in [0.2, 0.25) is 5.91 Å². The Bertz CT molecular complexity index is 705. The average molecular weight is 466 g/mol. The Balaban J connectivity index is 3.56. The van der Waals surface area contributed by atoms with E-state index >= 15 is 0 Å². The van der Waals surface area contributed by atoms with Gasteiger partial charge in [0.25, 0.3) is 0 Å². The van der Waals surface area contributed by atoms with Crippen LogP contribution in [0.1, 0.15) is 90.9 Å². The van der Waals surface area contributed by atoms with E-state index in [1.54, 1.807) is 6.08 Å². The van der Waals surface area contributed by atoms with Crippen LogP contribution >= 0.6 is 0 Å². The number of hydrogen-bond acceptors (Lipinski definition) is 2. The Hall–Kier alpha value is -2.68. The Kier molecular flexibility index (Phi) is 24.5. The van der Waals surface area contributed by atoms with Gasteiger partial charge >= 0.3 is 0 Å². The summed E-state index contributed by atoms with van der Waals surface area (Å²) in [4.78, 5) is 23.2. The van der Waals surface area contributed by atoms with Gasteiger partial charge < -0.3 is 5.32 Å². The third kappa shape index (κ3) is 25.6. The zero-order chi connectivity index (χ0) is 25.0. The Morgan fingerprint density at radius 2 is 1.12 bits per heavy atom. The minimum absolute atomic E-state index is 0.0463. The van der Waals surface area contributed by atoms with E-state index in [0.717, 1.165) is 64.2 Å². The number of rotatable bonds is 21. The molecule has 0 aliphatic rings. The fraction of sp³-hybridized carbons (Fsp3) is 0.484. The van der Waals surface area contributed by atoms with Crippen LogP contribution in [-0.2, 0) is 9.59 Å². The molecule has 0 spiro atoms. The minimum Gasteiger partial charge on any atom is -0.353 e. The van der Waals surface area contributed by atoms with Crippen LogP contribution in [0.25, 0.3) is 0 Å². The molecule has 1 N–H and O–H groups in total. The van der Waals surface area contributed by atoms with Crippen molar-refractivity contribution in [2.24, 2.45) is 0 Å². The maximum Gasteiger partial charge on any atom is 0.243 e. The highest BCUT2D eigenvalue weighted by atomic mass is 16.1. The summed E-state index contributed by atoms with van der Waals surface area (Å²) in [6, 6.07) is 0. The second kappa shape index (κ2) is 26.6. The van der Waals surface area contributed by atoms with Crippen molar-refractivity contribution < 1.29 is 9.59 Å². The van der Waals surface area contributed by atoms with Crippen molar-refractivity contribution in [3.05, 3.63) is 85.1 Å². The van der Waals surface area contributed by atoms with Crippen LogP contribution in [0.15, 0.2) is 85.1 Å². The van der Waals surface area contributed by atoms with Gasteiger partial charge in [-0.05, 0) is 70.8 Å². The largest absolute Gasteiger partial charge is 0.353 e. The molecule has 0 aromatic carbocycles. The van der Waals surface area contributed by atoms with Gasteiger partial charge in [-0.15, -0.1) is 0 Å². The van der Waals surface area contributed by atoms with Crippen molar-refractivity contribution in [1.29, 1.82) is 0 Å². The van der Waals surface area contributed by atoms with E-state index in [4.69, 9.17) is 0 Å². The van der Waals surface area contributed by atoms with Gasteiger partial charge in [0.15, 0.2) is 0 Å². The molecule has 3 nitrogen and oxygen atoms in total. The third-order valence-corrected chi connectivity index (χ3v) is 4.94. The van der Waals surface area contributed by atoms with Crippen molar-refractivity contribution in [2.45, 2.75) is 90.9 Å². The Morgan fingerprint density at radius 3 is 1.62 bits per heavy atom. The molecule has 3 heteroatoms. The van der Waals surface area contributed by atoms with E-state index in [1.165, 1.54) is 6.08 Å². The monoisotopic (exact) mass is 465 g/mol. The molecular weight excluding hydrogens is 418 g/mol. The first-order valence-electron chi connectivity index (χ1n) is 13.0. The summed E-state index contributed by atoms with van der Waals surface area (Å²) in [7, 11) is 0. The lowest BCUT2D eigenvalue weighted by Crippen LogP contribution is -2.21. The number of ketones is 1. The van der Waals surface area contributed by atoms with Crippen LogP contribution in [0.4, 0.5) is 0 Å². The van der Waals surface area contributed by atoms with Crippen molar-refractivity contribution >= 4 is 11.7 Å². The second-order valence-electron chi connectivity index (χ2n) is 8.09. The molecule has 34 heavy (non-hydrogen) atoms. The molecule has 188 valence electrons. The number of Topliss-reactive ketones (excluding diaryl/α,β-unsaturated/α-hetero) is 1. The van der Waals surface area contributed by atoms with E-state index in [0.29, 0.717) is 25.2 Å². The molecule has 0 rings (SSSR count). The van der Waals surface area contributed by atoms with Gasteiger partial charge in [-0.3, -0.25) is 9.59 Å². The first-order chi connectivity index (χ1) is 16.7. The summed E-state index contributed by atoms with van der Waals surface area (Å²) >= 11 is 0. The van der Waals surface area contributed by atoms with E-state index < -0.39 is 0 Å². The molecule has 0 aromatic rings.